The molecule has 0 bridgehead atoms. The zero-order valence-electron chi connectivity index (χ0n) is 9.83. The van der Waals surface area contributed by atoms with Gasteiger partial charge in [-0.05, 0) is 38.8 Å². The van der Waals surface area contributed by atoms with E-state index in [9.17, 15) is 4.79 Å². The quantitative estimate of drug-likeness (QED) is 0.735. The van der Waals surface area contributed by atoms with Gasteiger partial charge in [0.25, 0.3) is 0 Å². The number of pyridine rings is 1. The average Bonchev–Trinajstić information content (AvgIpc) is 2.61. The number of anilines is 1. The molecule has 0 amide bonds. The second kappa shape index (κ2) is 3.77. The fourth-order valence-corrected chi connectivity index (χ4v) is 1.62. The minimum atomic E-state index is -0.464. The molecule has 1 aromatic rings. The van der Waals surface area contributed by atoms with E-state index >= 15 is 0 Å². The molecule has 1 aromatic heterocycles. The lowest BCUT2D eigenvalue weighted by atomic mass is 10.1. The van der Waals surface area contributed by atoms with E-state index < -0.39 is 5.60 Å². The Kier molecular flexibility index (Phi) is 2.58. The molecule has 0 aromatic carbocycles. The van der Waals surface area contributed by atoms with Gasteiger partial charge in [0.2, 0.25) is 0 Å². The lowest BCUT2D eigenvalue weighted by Crippen LogP contribution is -2.24. The van der Waals surface area contributed by atoms with Gasteiger partial charge in [-0.2, -0.15) is 0 Å². The molecule has 0 atom stereocenters. The van der Waals surface area contributed by atoms with Gasteiger partial charge in [0.1, 0.15) is 11.4 Å². The van der Waals surface area contributed by atoms with Crippen molar-refractivity contribution in [2.75, 3.05) is 11.9 Å². The van der Waals surface area contributed by atoms with Crippen LogP contribution in [-0.2, 0) is 11.2 Å². The van der Waals surface area contributed by atoms with E-state index in [0.717, 1.165) is 24.3 Å². The molecular weight excluding hydrogens is 204 g/mol. The SMILES string of the molecule is CC(C)(C)OC(=O)c1cnc2c(c1)CCN2. The summed E-state index contributed by atoms with van der Waals surface area (Å²) in [5, 5.41) is 3.15. The highest BCUT2D eigenvalue weighted by Gasteiger charge is 2.20. The highest BCUT2D eigenvalue weighted by Crippen LogP contribution is 2.21. The van der Waals surface area contributed by atoms with Crippen molar-refractivity contribution in [3.63, 3.8) is 0 Å². The molecule has 0 saturated heterocycles. The third-order valence-corrected chi connectivity index (χ3v) is 2.29. The van der Waals surface area contributed by atoms with Crippen LogP contribution in [0.1, 0.15) is 36.7 Å². The van der Waals surface area contributed by atoms with E-state index in [1.165, 1.54) is 0 Å². The largest absolute Gasteiger partial charge is 0.456 e. The van der Waals surface area contributed by atoms with Gasteiger partial charge in [-0.25, -0.2) is 9.78 Å². The number of nitrogens with zero attached hydrogens (tertiary/aromatic N) is 1. The Hall–Kier alpha value is -1.58. The van der Waals surface area contributed by atoms with Crippen molar-refractivity contribution in [2.24, 2.45) is 0 Å². The second-order valence-corrected chi connectivity index (χ2v) is 4.91. The molecule has 4 nitrogen and oxygen atoms in total. The Labute approximate surface area is 95.0 Å². The monoisotopic (exact) mass is 220 g/mol. The first-order valence-corrected chi connectivity index (χ1v) is 5.42. The first-order valence-electron chi connectivity index (χ1n) is 5.42. The van der Waals surface area contributed by atoms with Gasteiger partial charge in [-0.15, -0.1) is 0 Å². The molecule has 0 fully saturated rings. The van der Waals surface area contributed by atoms with Crippen LogP contribution < -0.4 is 5.32 Å². The van der Waals surface area contributed by atoms with Crippen molar-refractivity contribution in [3.05, 3.63) is 23.4 Å². The number of carbonyl (C=O) groups is 1. The lowest BCUT2D eigenvalue weighted by Gasteiger charge is -2.19. The Balaban J connectivity index is 2.19. The van der Waals surface area contributed by atoms with Crippen molar-refractivity contribution in [2.45, 2.75) is 32.8 Å². The fraction of sp³-hybridized carbons (Fsp3) is 0.500. The molecular formula is C12H16N2O2. The molecule has 1 aliphatic heterocycles. The van der Waals surface area contributed by atoms with Crippen LogP contribution in [0, 0.1) is 0 Å². The molecule has 2 heterocycles. The first kappa shape index (κ1) is 10.9. The molecule has 0 spiro atoms. The number of ether oxygens (including phenoxy) is 1. The summed E-state index contributed by atoms with van der Waals surface area (Å²) in [5.74, 6) is 0.571. The molecule has 0 aliphatic carbocycles. The van der Waals surface area contributed by atoms with E-state index in [4.69, 9.17) is 4.74 Å². The Morgan fingerprint density at radius 3 is 2.94 bits per heavy atom. The van der Waals surface area contributed by atoms with Crippen molar-refractivity contribution >= 4 is 11.8 Å². The van der Waals surface area contributed by atoms with Gasteiger partial charge in [0.15, 0.2) is 0 Å². The smallest absolute Gasteiger partial charge is 0.340 e. The third-order valence-electron chi connectivity index (χ3n) is 2.29. The molecule has 2 rings (SSSR count). The minimum absolute atomic E-state index is 0.310. The summed E-state index contributed by atoms with van der Waals surface area (Å²) in [6.45, 7) is 6.45. The number of fused-ring (bicyclic) bond motifs is 1. The second-order valence-electron chi connectivity index (χ2n) is 4.91. The van der Waals surface area contributed by atoms with Crippen molar-refractivity contribution in [1.82, 2.24) is 4.98 Å². The Morgan fingerprint density at radius 1 is 1.50 bits per heavy atom. The van der Waals surface area contributed by atoms with E-state index in [0.29, 0.717) is 5.56 Å². The molecule has 16 heavy (non-hydrogen) atoms. The minimum Gasteiger partial charge on any atom is -0.456 e. The van der Waals surface area contributed by atoms with Gasteiger partial charge >= 0.3 is 5.97 Å². The van der Waals surface area contributed by atoms with Crippen LogP contribution in [0.15, 0.2) is 12.3 Å². The number of hydrogen-bond donors (Lipinski definition) is 1. The van der Waals surface area contributed by atoms with Crippen molar-refractivity contribution in [3.8, 4) is 0 Å². The van der Waals surface area contributed by atoms with E-state index in [1.54, 1.807) is 6.20 Å². The average molecular weight is 220 g/mol. The molecule has 0 radical (unpaired) electrons. The fourth-order valence-electron chi connectivity index (χ4n) is 1.62. The topological polar surface area (TPSA) is 51.2 Å². The number of aromatic nitrogens is 1. The molecule has 1 aliphatic rings. The molecule has 1 N–H and O–H groups in total. The van der Waals surface area contributed by atoms with Crippen LogP contribution in [0.4, 0.5) is 5.82 Å². The molecule has 86 valence electrons. The van der Waals surface area contributed by atoms with Gasteiger partial charge in [0.05, 0.1) is 5.56 Å². The van der Waals surface area contributed by atoms with Crippen LogP contribution in [0.25, 0.3) is 0 Å². The normalized spacial score (nSPS) is 14.2. The van der Waals surface area contributed by atoms with E-state index in [-0.39, 0.29) is 5.97 Å². The Bertz CT molecular complexity index is 422. The summed E-state index contributed by atoms with van der Waals surface area (Å²) in [7, 11) is 0. The van der Waals surface area contributed by atoms with E-state index in [2.05, 4.69) is 10.3 Å². The zero-order valence-corrected chi connectivity index (χ0v) is 9.83. The number of nitrogens with one attached hydrogen (secondary N) is 1. The summed E-state index contributed by atoms with van der Waals surface area (Å²) in [5.41, 5.74) is 1.15. The first-order chi connectivity index (χ1) is 7.46. The maximum Gasteiger partial charge on any atom is 0.340 e. The van der Waals surface area contributed by atoms with Crippen LogP contribution in [0.2, 0.25) is 0 Å². The number of hydrogen-bond acceptors (Lipinski definition) is 4. The van der Waals surface area contributed by atoms with Gasteiger partial charge in [0, 0.05) is 12.7 Å². The third kappa shape index (κ3) is 2.32. The zero-order chi connectivity index (χ0) is 11.8. The molecule has 4 heteroatoms. The maximum atomic E-state index is 11.8. The highest BCUT2D eigenvalue weighted by molar-refractivity contribution is 5.90. The maximum absolute atomic E-state index is 11.8. The van der Waals surface area contributed by atoms with Gasteiger partial charge in [-0.1, -0.05) is 0 Å². The summed E-state index contributed by atoms with van der Waals surface area (Å²) in [6.07, 6.45) is 2.48. The van der Waals surface area contributed by atoms with Gasteiger partial charge in [-0.3, -0.25) is 0 Å². The van der Waals surface area contributed by atoms with Crippen LogP contribution >= 0.6 is 0 Å². The van der Waals surface area contributed by atoms with E-state index in [1.807, 2.05) is 26.8 Å². The predicted molar refractivity (Wildman–Crippen MR) is 61.6 cm³/mol. The standard InChI is InChI=1S/C12H16N2O2/c1-12(2,3)16-11(15)9-6-8-4-5-13-10(8)14-7-9/h6-7H,4-5H2,1-3H3,(H,13,14). The predicted octanol–water partition coefficient (Wildman–Crippen LogP) is 2.00. The van der Waals surface area contributed by atoms with Crippen LogP contribution in [-0.4, -0.2) is 23.1 Å². The summed E-state index contributed by atoms with van der Waals surface area (Å²) in [4.78, 5) is 16.0. The highest BCUT2D eigenvalue weighted by atomic mass is 16.6. The summed E-state index contributed by atoms with van der Waals surface area (Å²) < 4.78 is 5.28. The van der Waals surface area contributed by atoms with Gasteiger partial charge < -0.3 is 10.1 Å². The lowest BCUT2D eigenvalue weighted by molar-refractivity contribution is 0.00690. The van der Waals surface area contributed by atoms with Crippen LogP contribution in [0.3, 0.4) is 0 Å². The summed E-state index contributed by atoms with van der Waals surface area (Å²) in [6, 6.07) is 1.86. The van der Waals surface area contributed by atoms with Crippen molar-refractivity contribution in [1.29, 1.82) is 0 Å². The summed E-state index contributed by atoms with van der Waals surface area (Å²) >= 11 is 0. The van der Waals surface area contributed by atoms with Crippen LogP contribution in [0.5, 0.6) is 0 Å². The number of esters is 1. The molecule has 0 unspecified atom stereocenters. The van der Waals surface area contributed by atoms with Crippen molar-refractivity contribution < 1.29 is 9.53 Å². The Morgan fingerprint density at radius 2 is 2.25 bits per heavy atom. The molecule has 0 saturated carbocycles. The number of carbonyl (C=O) groups excluding carboxylic acids is 1. The number of rotatable bonds is 1.